The molecular formula is C20H19NO5. The number of ether oxygens (including phenoxy) is 1. The number of nitrogens with one attached hydrogen (secondary N) is 1. The quantitative estimate of drug-likeness (QED) is 0.706. The molecule has 0 saturated carbocycles. The molecule has 1 amide bonds. The van der Waals surface area contributed by atoms with E-state index < -0.39 is 18.1 Å². The van der Waals surface area contributed by atoms with E-state index in [1.165, 1.54) is 0 Å². The minimum absolute atomic E-state index is 0.0761. The molecule has 0 saturated heterocycles. The fourth-order valence-electron chi connectivity index (χ4n) is 2.79. The molecule has 0 bridgehead atoms. The van der Waals surface area contributed by atoms with Gasteiger partial charge in [-0.05, 0) is 18.6 Å². The highest BCUT2D eigenvalue weighted by molar-refractivity contribution is 5.85. The summed E-state index contributed by atoms with van der Waals surface area (Å²) >= 11 is 0. The molecule has 3 rings (SSSR count). The van der Waals surface area contributed by atoms with Gasteiger partial charge >= 0.3 is 12.1 Å². The zero-order valence-electron chi connectivity index (χ0n) is 14.3. The van der Waals surface area contributed by atoms with Crippen molar-refractivity contribution >= 4 is 23.0 Å². The van der Waals surface area contributed by atoms with Crippen LogP contribution >= 0.6 is 0 Å². The predicted molar refractivity (Wildman–Crippen MR) is 95.8 cm³/mol. The Morgan fingerprint density at radius 3 is 2.54 bits per heavy atom. The van der Waals surface area contributed by atoms with Gasteiger partial charge in [-0.3, -0.25) is 0 Å². The van der Waals surface area contributed by atoms with Crippen LogP contribution in [0.5, 0.6) is 0 Å². The Bertz CT molecular complexity index is 916. The Hall–Kier alpha value is -3.28. The van der Waals surface area contributed by atoms with Crippen molar-refractivity contribution < 1.29 is 23.8 Å². The van der Waals surface area contributed by atoms with Crippen LogP contribution in [-0.4, -0.2) is 23.2 Å². The number of alkyl carbamates (subject to hydrolysis) is 1. The van der Waals surface area contributed by atoms with Gasteiger partial charge in [-0.1, -0.05) is 48.5 Å². The van der Waals surface area contributed by atoms with Crippen molar-refractivity contribution in [3.8, 4) is 0 Å². The lowest BCUT2D eigenvalue weighted by molar-refractivity contribution is -0.139. The molecule has 0 aliphatic carbocycles. The van der Waals surface area contributed by atoms with E-state index in [4.69, 9.17) is 9.15 Å². The molecule has 2 N–H and O–H groups in total. The van der Waals surface area contributed by atoms with Gasteiger partial charge in [-0.2, -0.15) is 0 Å². The van der Waals surface area contributed by atoms with E-state index in [0.717, 1.165) is 16.5 Å². The van der Waals surface area contributed by atoms with Gasteiger partial charge in [0.05, 0.1) is 0 Å². The topological polar surface area (TPSA) is 88.8 Å². The van der Waals surface area contributed by atoms with Crippen LogP contribution in [0.1, 0.15) is 16.9 Å². The van der Waals surface area contributed by atoms with Crippen LogP contribution in [0, 0.1) is 6.92 Å². The van der Waals surface area contributed by atoms with Crippen LogP contribution in [0.25, 0.3) is 11.0 Å². The molecule has 26 heavy (non-hydrogen) atoms. The number of benzene rings is 2. The summed E-state index contributed by atoms with van der Waals surface area (Å²) in [5, 5.41) is 12.7. The average Bonchev–Trinajstić information content (AvgIpc) is 2.95. The van der Waals surface area contributed by atoms with Gasteiger partial charge in [0.2, 0.25) is 0 Å². The number of para-hydroxylation sites is 1. The lowest BCUT2D eigenvalue weighted by atomic mass is 10.0. The number of furan rings is 1. The summed E-state index contributed by atoms with van der Waals surface area (Å²) in [7, 11) is 0. The second-order valence-corrected chi connectivity index (χ2v) is 5.93. The number of hydrogen-bond donors (Lipinski definition) is 2. The summed E-state index contributed by atoms with van der Waals surface area (Å²) in [6.45, 7) is 1.86. The number of carbonyl (C=O) groups is 2. The van der Waals surface area contributed by atoms with E-state index >= 15 is 0 Å². The second-order valence-electron chi connectivity index (χ2n) is 5.93. The molecule has 0 aliphatic heterocycles. The highest BCUT2D eigenvalue weighted by Gasteiger charge is 2.24. The van der Waals surface area contributed by atoms with Gasteiger partial charge < -0.3 is 19.6 Å². The van der Waals surface area contributed by atoms with Crippen molar-refractivity contribution in [3.63, 3.8) is 0 Å². The van der Waals surface area contributed by atoms with Crippen molar-refractivity contribution in [1.82, 2.24) is 5.32 Å². The summed E-state index contributed by atoms with van der Waals surface area (Å²) in [5.41, 5.74) is 2.28. The SMILES string of the molecule is Cc1oc2ccccc2c1CC(NC(=O)OCc1ccccc1)C(=O)O. The number of fused-ring (bicyclic) bond motifs is 1. The van der Waals surface area contributed by atoms with Crippen LogP contribution in [0.3, 0.4) is 0 Å². The molecule has 3 aromatic rings. The van der Waals surface area contributed by atoms with E-state index in [2.05, 4.69) is 5.32 Å². The smallest absolute Gasteiger partial charge is 0.408 e. The summed E-state index contributed by atoms with van der Waals surface area (Å²) in [5.74, 6) is -0.497. The first-order valence-corrected chi connectivity index (χ1v) is 8.21. The maximum atomic E-state index is 12.0. The largest absolute Gasteiger partial charge is 0.480 e. The number of amides is 1. The molecule has 1 aromatic heterocycles. The number of aryl methyl sites for hydroxylation is 1. The summed E-state index contributed by atoms with van der Waals surface area (Å²) < 4.78 is 10.8. The first-order chi connectivity index (χ1) is 12.5. The number of rotatable bonds is 6. The number of carboxylic acids is 1. The van der Waals surface area contributed by atoms with E-state index in [9.17, 15) is 14.7 Å². The molecule has 6 nitrogen and oxygen atoms in total. The van der Waals surface area contributed by atoms with Gasteiger partial charge in [-0.25, -0.2) is 9.59 Å². The van der Waals surface area contributed by atoms with Crippen molar-refractivity contribution in [3.05, 3.63) is 71.5 Å². The summed E-state index contributed by atoms with van der Waals surface area (Å²) in [6, 6.07) is 15.5. The molecule has 1 atom stereocenters. The molecule has 0 radical (unpaired) electrons. The fourth-order valence-corrected chi connectivity index (χ4v) is 2.79. The standard InChI is InChI=1S/C20H19NO5/c1-13-16(15-9-5-6-10-18(15)26-13)11-17(19(22)23)21-20(24)25-12-14-7-3-2-4-8-14/h2-10,17H,11-12H2,1H3,(H,21,24)(H,22,23). The number of aliphatic carboxylic acids is 1. The minimum atomic E-state index is -1.13. The third-order valence-electron chi connectivity index (χ3n) is 4.11. The molecule has 0 fully saturated rings. The van der Waals surface area contributed by atoms with Gasteiger partial charge in [0.15, 0.2) is 0 Å². The highest BCUT2D eigenvalue weighted by Crippen LogP contribution is 2.26. The Labute approximate surface area is 150 Å². The van der Waals surface area contributed by atoms with Gasteiger partial charge in [0.25, 0.3) is 0 Å². The third kappa shape index (κ3) is 4.03. The van der Waals surface area contributed by atoms with Crippen molar-refractivity contribution in [1.29, 1.82) is 0 Å². The van der Waals surface area contributed by atoms with Gasteiger partial charge in [0.1, 0.15) is 24.0 Å². The lowest BCUT2D eigenvalue weighted by Gasteiger charge is -2.14. The zero-order valence-corrected chi connectivity index (χ0v) is 14.3. The molecule has 6 heteroatoms. The van der Waals surface area contributed by atoms with Gasteiger partial charge in [-0.15, -0.1) is 0 Å². The van der Waals surface area contributed by atoms with Crippen molar-refractivity contribution in [2.75, 3.05) is 0 Å². The van der Waals surface area contributed by atoms with E-state index in [0.29, 0.717) is 11.3 Å². The lowest BCUT2D eigenvalue weighted by Crippen LogP contribution is -2.42. The predicted octanol–water partition coefficient (Wildman–Crippen LogP) is 3.66. The first kappa shape index (κ1) is 17.5. The van der Waals surface area contributed by atoms with Crippen LogP contribution in [0.2, 0.25) is 0 Å². The van der Waals surface area contributed by atoms with E-state index in [-0.39, 0.29) is 13.0 Å². The maximum Gasteiger partial charge on any atom is 0.408 e. The summed E-state index contributed by atoms with van der Waals surface area (Å²) in [4.78, 5) is 23.6. The zero-order chi connectivity index (χ0) is 18.5. The molecule has 134 valence electrons. The van der Waals surface area contributed by atoms with Crippen LogP contribution < -0.4 is 5.32 Å². The Morgan fingerprint density at radius 1 is 1.12 bits per heavy atom. The van der Waals surface area contributed by atoms with Crippen molar-refractivity contribution in [2.45, 2.75) is 26.0 Å². The monoisotopic (exact) mass is 353 g/mol. The minimum Gasteiger partial charge on any atom is -0.480 e. The second kappa shape index (κ2) is 7.74. The van der Waals surface area contributed by atoms with E-state index in [1.807, 2.05) is 54.6 Å². The van der Waals surface area contributed by atoms with Crippen LogP contribution in [-0.2, 0) is 22.6 Å². The Balaban J connectivity index is 1.68. The fraction of sp³-hybridized carbons (Fsp3) is 0.200. The molecule has 2 aromatic carbocycles. The van der Waals surface area contributed by atoms with Crippen LogP contribution in [0.4, 0.5) is 4.79 Å². The molecular weight excluding hydrogens is 334 g/mol. The number of carbonyl (C=O) groups excluding carboxylic acids is 1. The van der Waals surface area contributed by atoms with Crippen LogP contribution in [0.15, 0.2) is 59.0 Å². The normalized spacial score (nSPS) is 11.9. The highest BCUT2D eigenvalue weighted by atomic mass is 16.5. The average molecular weight is 353 g/mol. The third-order valence-corrected chi connectivity index (χ3v) is 4.11. The summed E-state index contributed by atoms with van der Waals surface area (Å²) in [6.07, 6.45) is -0.662. The Morgan fingerprint density at radius 2 is 1.81 bits per heavy atom. The molecule has 1 heterocycles. The van der Waals surface area contributed by atoms with Crippen molar-refractivity contribution in [2.24, 2.45) is 0 Å². The molecule has 1 unspecified atom stereocenters. The molecule has 0 aliphatic rings. The van der Waals surface area contributed by atoms with E-state index in [1.54, 1.807) is 6.92 Å². The molecule has 0 spiro atoms. The Kier molecular flexibility index (Phi) is 5.22. The number of hydrogen-bond acceptors (Lipinski definition) is 4. The maximum absolute atomic E-state index is 12.0. The number of carboxylic acid groups (broad SMARTS) is 1. The van der Waals surface area contributed by atoms with Gasteiger partial charge in [0, 0.05) is 17.4 Å². The first-order valence-electron chi connectivity index (χ1n) is 8.21.